The van der Waals surface area contributed by atoms with Gasteiger partial charge in [-0.05, 0) is 52.6 Å². The van der Waals surface area contributed by atoms with E-state index in [1.165, 1.54) is 5.39 Å². The number of aldehydes is 1. The molecule has 1 amide bonds. The predicted molar refractivity (Wildman–Crippen MR) is 126 cm³/mol. The first kappa shape index (κ1) is 21.0. The summed E-state index contributed by atoms with van der Waals surface area (Å²) in [5.74, 6) is 0.311. The molecule has 0 aliphatic carbocycles. The van der Waals surface area contributed by atoms with Crippen LogP contribution in [0.5, 0.6) is 5.75 Å². The molecule has 4 rings (SSSR count). The van der Waals surface area contributed by atoms with E-state index in [1.54, 1.807) is 24.4 Å². The Labute approximate surface area is 186 Å². The first-order valence-electron chi connectivity index (χ1n) is 10.3. The van der Waals surface area contributed by atoms with E-state index in [4.69, 9.17) is 4.74 Å². The van der Waals surface area contributed by atoms with Crippen LogP contribution in [0.2, 0.25) is 0 Å². The van der Waals surface area contributed by atoms with E-state index >= 15 is 0 Å². The smallest absolute Gasteiger partial charge is 0.408 e. The maximum atomic E-state index is 12.4. The van der Waals surface area contributed by atoms with Crippen LogP contribution >= 0.6 is 0 Å². The molecule has 3 aromatic carbocycles. The Morgan fingerprint density at radius 1 is 0.906 bits per heavy atom. The highest BCUT2D eigenvalue weighted by molar-refractivity contribution is 5.86. The summed E-state index contributed by atoms with van der Waals surface area (Å²) in [6.45, 7) is 0. The van der Waals surface area contributed by atoms with Gasteiger partial charge in [-0.3, -0.25) is 4.98 Å². The molecule has 1 N–H and O–H groups in total. The van der Waals surface area contributed by atoms with Crippen molar-refractivity contribution in [3.63, 3.8) is 0 Å². The van der Waals surface area contributed by atoms with Crippen molar-refractivity contribution in [3.05, 3.63) is 108 Å². The van der Waals surface area contributed by atoms with Crippen molar-refractivity contribution in [1.82, 2.24) is 10.3 Å². The molecule has 0 unspecified atom stereocenters. The van der Waals surface area contributed by atoms with E-state index in [9.17, 15) is 9.59 Å². The Morgan fingerprint density at radius 3 is 2.50 bits per heavy atom. The lowest BCUT2D eigenvalue weighted by atomic mass is 10.1. The summed E-state index contributed by atoms with van der Waals surface area (Å²) in [7, 11) is 0. The van der Waals surface area contributed by atoms with Crippen LogP contribution in [0, 0.1) is 0 Å². The van der Waals surface area contributed by atoms with Crippen LogP contribution in [0.15, 0.2) is 91.1 Å². The van der Waals surface area contributed by atoms with Crippen LogP contribution in [0.25, 0.3) is 22.9 Å². The molecule has 0 aliphatic rings. The number of carbonyl (C=O) groups is 2. The number of nitrogens with zero attached hydrogens (tertiary/aromatic N) is 1. The summed E-state index contributed by atoms with van der Waals surface area (Å²) < 4.78 is 5.45. The van der Waals surface area contributed by atoms with Gasteiger partial charge in [0.05, 0.1) is 6.04 Å². The van der Waals surface area contributed by atoms with Crippen LogP contribution < -0.4 is 10.1 Å². The third-order valence-electron chi connectivity index (χ3n) is 4.98. The Hall–Kier alpha value is -4.25. The minimum absolute atomic E-state index is 0.311. The summed E-state index contributed by atoms with van der Waals surface area (Å²) in [5.41, 5.74) is 2.47. The molecule has 0 spiro atoms. The van der Waals surface area contributed by atoms with E-state index < -0.39 is 12.1 Å². The van der Waals surface area contributed by atoms with E-state index in [0.29, 0.717) is 24.2 Å². The van der Waals surface area contributed by atoms with Crippen LogP contribution in [0.1, 0.15) is 16.8 Å². The second kappa shape index (κ2) is 10.2. The van der Waals surface area contributed by atoms with Crippen molar-refractivity contribution < 1.29 is 14.3 Å². The summed E-state index contributed by atoms with van der Waals surface area (Å²) in [6.07, 6.45) is 5.75. The van der Waals surface area contributed by atoms with E-state index in [1.807, 2.05) is 54.6 Å². The zero-order valence-corrected chi connectivity index (χ0v) is 17.3. The predicted octanol–water partition coefficient (Wildman–Crippen LogP) is 5.30. The number of hydrogen-bond acceptors (Lipinski definition) is 4. The number of amides is 1. The van der Waals surface area contributed by atoms with Gasteiger partial charge in [0, 0.05) is 6.20 Å². The minimum Gasteiger partial charge on any atom is -0.408 e. The first-order valence-corrected chi connectivity index (χ1v) is 10.3. The van der Waals surface area contributed by atoms with Gasteiger partial charge >= 0.3 is 6.09 Å². The normalized spacial score (nSPS) is 11.9. The number of rotatable bonds is 7. The van der Waals surface area contributed by atoms with Crippen LogP contribution in [-0.4, -0.2) is 23.4 Å². The van der Waals surface area contributed by atoms with Crippen LogP contribution in [0.4, 0.5) is 4.79 Å². The molecular weight excluding hydrogens is 400 g/mol. The maximum absolute atomic E-state index is 12.4. The number of carbonyl (C=O) groups excluding carboxylic acids is 2. The monoisotopic (exact) mass is 422 g/mol. The van der Waals surface area contributed by atoms with Gasteiger partial charge in [-0.25, -0.2) is 4.79 Å². The van der Waals surface area contributed by atoms with Gasteiger partial charge in [-0.1, -0.05) is 72.8 Å². The minimum atomic E-state index is -0.702. The summed E-state index contributed by atoms with van der Waals surface area (Å²) in [6, 6.07) is 26.5. The lowest BCUT2D eigenvalue weighted by Crippen LogP contribution is -2.39. The highest BCUT2D eigenvalue weighted by Crippen LogP contribution is 2.21. The fourth-order valence-electron chi connectivity index (χ4n) is 3.38. The number of benzene rings is 3. The molecule has 5 nitrogen and oxygen atoms in total. The maximum Gasteiger partial charge on any atom is 0.413 e. The SMILES string of the molecule is O=C[C@H](Cc1ccccc1)NC(=O)Oc1cccnc1C=Cc1ccc2ccccc2c1. The van der Waals surface area contributed by atoms with Crippen molar-refractivity contribution in [2.75, 3.05) is 0 Å². The van der Waals surface area contributed by atoms with Crippen LogP contribution in [0.3, 0.4) is 0 Å². The van der Waals surface area contributed by atoms with Crippen molar-refractivity contribution in [3.8, 4) is 5.75 Å². The first-order chi connectivity index (χ1) is 15.7. The quantitative estimate of drug-likeness (QED) is 0.410. The highest BCUT2D eigenvalue weighted by Gasteiger charge is 2.15. The number of hydrogen-bond donors (Lipinski definition) is 1. The van der Waals surface area contributed by atoms with Crippen molar-refractivity contribution in [1.29, 1.82) is 0 Å². The fraction of sp³-hybridized carbons (Fsp3) is 0.0741. The standard InChI is InChI=1S/C27H22N2O3/c30-19-24(18-20-7-2-1-3-8-20)29-27(31)32-26-11-6-16-28-25(26)15-13-21-12-14-22-9-4-5-10-23(22)17-21/h1-17,19,24H,18H2,(H,29,31)/t24-/m0/s1. The van der Waals surface area contributed by atoms with E-state index in [2.05, 4.69) is 34.6 Å². The molecular formula is C27H22N2O3. The third kappa shape index (κ3) is 5.46. The van der Waals surface area contributed by atoms with Crippen molar-refractivity contribution in [2.45, 2.75) is 12.5 Å². The molecule has 1 heterocycles. The lowest BCUT2D eigenvalue weighted by molar-refractivity contribution is -0.109. The summed E-state index contributed by atoms with van der Waals surface area (Å²) in [4.78, 5) is 28.1. The second-order valence-corrected chi connectivity index (χ2v) is 7.29. The van der Waals surface area contributed by atoms with Crippen LogP contribution in [-0.2, 0) is 11.2 Å². The molecule has 4 aromatic rings. The topological polar surface area (TPSA) is 68.3 Å². The Morgan fingerprint density at radius 2 is 1.69 bits per heavy atom. The molecule has 0 fully saturated rings. The number of fused-ring (bicyclic) bond motifs is 1. The Kier molecular flexibility index (Phi) is 6.68. The van der Waals surface area contributed by atoms with Gasteiger partial charge in [0.25, 0.3) is 0 Å². The zero-order valence-electron chi connectivity index (χ0n) is 17.3. The average Bonchev–Trinajstić information content (AvgIpc) is 2.83. The van der Waals surface area contributed by atoms with Gasteiger partial charge in [-0.15, -0.1) is 0 Å². The number of ether oxygens (including phenoxy) is 1. The molecule has 0 saturated heterocycles. The van der Waals surface area contributed by atoms with Gasteiger partial charge < -0.3 is 14.8 Å². The van der Waals surface area contributed by atoms with Gasteiger partial charge in [-0.2, -0.15) is 0 Å². The van der Waals surface area contributed by atoms with Gasteiger partial charge in [0.1, 0.15) is 12.0 Å². The Balaban J connectivity index is 1.44. The van der Waals surface area contributed by atoms with E-state index in [0.717, 1.165) is 16.5 Å². The molecule has 0 radical (unpaired) electrons. The molecule has 32 heavy (non-hydrogen) atoms. The lowest BCUT2D eigenvalue weighted by Gasteiger charge is -2.13. The summed E-state index contributed by atoms with van der Waals surface area (Å²) >= 11 is 0. The largest absolute Gasteiger partial charge is 0.413 e. The highest BCUT2D eigenvalue weighted by atomic mass is 16.6. The molecule has 5 heteroatoms. The second-order valence-electron chi connectivity index (χ2n) is 7.29. The van der Waals surface area contributed by atoms with Gasteiger partial charge in [0.15, 0.2) is 5.75 Å². The van der Waals surface area contributed by atoms with Gasteiger partial charge in [0.2, 0.25) is 0 Å². The Bertz CT molecular complexity index is 1250. The number of nitrogens with one attached hydrogen (secondary N) is 1. The number of aromatic nitrogens is 1. The summed E-state index contributed by atoms with van der Waals surface area (Å²) in [5, 5.41) is 4.92. The molecule has 0 aliphatic heterocycles. The average molecular weight is 422 g/mol. The van der Waals surface area contributed by atoms with Crippen molar-refractivity contribution >= 4 is 35.3 Å². The molecule has 1 atom stereocenters. The number of pyridine rings is 1. The zero-order chi connectivity index (χ0) is 22.2. The van der Waals surface area contributed by atoms with E-state index in [-0.39, 0.29) is 0 Å². The third-order valence-corrected chi connectivity index (χ3v) is 4.98. The van der Waals surface area contributed by atoms with Crippen molar-refractivity contribution in [2.24, 2.45) is 0 Å². The molecule has 1 aromatic heterocycles. The molecule has 0 saturated carbocycles. The fourth-order valence-corrected chi connectivity index (χ4v) is 3.38. The molecule has 0 bridgehead atoms. The molecule has 158 valence electrons.